The van der Waals surface area contributed by atoms with Crippen LogP contribution in [0.3, 0.4) is 0 Å². The Morgan fingerprint density at radius 1 is 0.850 bits per heavy atom. The average molecular weight is 285 g/mol. The second-order valence-electron chi connectivity index (χ2n) is 5.02. The summed E-state index contributed by atoms with van der Waals surface area (Å²) in [7, 11) is 1.50. The molecule has 0 heterocycles. The van der Waals surface area contributed by atoms with Crippen molar-refractivity contribution in [3.8, 4) is 0 Å². The van der Waals surface area contributed by atoms with Crippen molar-refractivity contribution in [2.45, 2.75) is 84.0 Å². The molecule has 0 aliphatic rings. The van der Waals surface area contributed by atoms with Gasteiger partial charge in [0.25, 0.3) is 0 Å². The first-order valence-electron chi connectivity index (χ1n) is 8.22. The van der Waals surface area contributed by atoms with Crippen molar-refractivity contribution in [1.82, 2.24) is 0 Å². The van der Waals surface area contributed by atoms with Crippen LogP contribution in [0.5, 0.6) is 0 Å². The van der Waals surface area contributed by atoms with Gasteiger partial charge in [-0.1, -0.05) is 57.6 Å². The molecular formula is C17H35NO2. The lowest BCUT2D eigenvalue weighted by Gasteiger charge is -1.98. The summed E-state index contributed by atoms with van der Waals surface area (Å²) in [4.78, 5) is 10.3. The number of hydrogen-bond acceptors (Lipinski definition) is 2. The van der Waals surface area contributed by atoms with Crippen LogP contribution in [0.25, 0.3) is 0 Å². The standard InChI is InChI=1S/C16H30O2.CH5N/c1-2-3-4-5-6-7-8-9-10-11-12-13-14-15-16(17)18;1-2/h7-8H,2-6,9-15H2,1H3,(H,17,18);2H2,1H3. The fraction of sp³-hybridized carbons (Fsp3) is 0.824. The first-order valence-corrected chi connectivity index (χ1v) is 8.22. The third kappa shape index (κ3) is 22.4. The van der Waals surface area contributed by atoms with Crippen LogP contribution in [-0.4, -0.2) is 18.1 Å². The quantitative estimate of drug-likeness (QED) is 0.373. The largest absolute Gasteiger partial charge is 0.481 e. The maximum atomic E-state index is 10.3. The molecule has 0 saturated heterocycles. The van der Waals surface area contributed by atoms with Gasteiger partial charge in [0, 0.05) is 6.42 Å². The monoisotopic (exact) mass is 285 g/mol. The van der Waals surface area contributed by atoms with Gasteiger partial charge in [-0.25, -0.2) is 0 Å². The van der Waals surface area contributed by atoms with Gasteiger partial charge in [0.2, 0.25) is 0 Å². The van der Waals surface area contributed by atoms with E-state index in [0.29, 0.717) is 6.42 Å². The Bertz CT molecular complexity index is 215. The first-order chi connectivity index (χ1) is 9.77. The fourth-order valence-electron chi connectivity index (χ4n) is 1.99. The van der Waals surface area contributed by atoms with Crippen molar-refractivity contribution in [1.29, 1.82) is 0 Å². The minimum atomic E-state index is -0.666. The molecule has 0 aromatic heterocycles. The topological polar surface area (TPSA) is 63.3 Å². The van der Waals surface area contributed by atoms with Gasteiger partial charge in [0.05, 0.1) is 0 Å². The molecule has 0 aliphatic heterocycles. The second kappa shape index (κ2) is 20.5. The number of allylic oxidation sites excluding steroid dienone is 2. The molecule has 0 saturated carbocycles. The van der Waals surface area contributed by atoms with Crippen molar-refractivity contribution in [2.24, 2.45) is 5.73 Å². The summed E-state index contributed by atoms with van der Waals surface area (Å²) in [5.74, 6) is -0.666. The molecule has 0 rings (SSSR count). The molecule has 0 amide bonds. The summed E-state index contributed by atoms with van der Waals surface area (Å²) in [6, 6.07) is 0. The normalized spacial score (nSPS) is 10.3. The van der Waals surface area contributed by atoms with Crippen molar-refractivity contribution in [3.05, 3.63) is 12.2 Å². The van der Waals surface area contributed by atoms with E-state index in [0.717, 1.165) is 12.8 Å². The van der Waals surface area contributed by atoms with Crippen LogP contribution in [0, 0.1) is 0 Å². The SMILES string of the molecule is CCCCCCC=CCCCCCCCC(=O)O.CN. The number of carboxylic acids is 1. The van der Waals surface area contributed by atoms with E-state index >= 15 is 0 Å². The predicted molar refractivity (Wildman–Crippen MR) is 88.0 cm³/mol. The first kappa shape index (κ1) is 21.5. The predicted octanol–water partition coefficient (Wildman–Crippen LogP) is 4.90. The van der Waals surface area contributed by atoms with Crippen LogP contribution >= 0.6 is 0 Å². The Balaban J connectivity index is 0. The Morgan fingerprint density at radius 2 is 1.30 bits per heavy atom. The Kier molecular flexibility index (Phi) is 22.0. The van der Waals surface area contributed by atoms with E-state index in [2.05, 4.69) is 24.8 Å². The van der Waals surface area contributed by atoms with Gasteiger partial charge in [-0.15, -0.1) is 0 Å². The van der Waals surface area contributed by atoms with E-state index in [4.69, 9.17) is 5.11 Å². The van der Waals surface area contributed by atoms with E-state index in [-0.39, 0.29) is 0 Å². The second-order valence-corrected chi connectivity index (χ2v) is 5.02. The average Bonchev–Trinajstić information content (AvgIpc) is 2.46. The number of unbranched alkanes of at least 4 members (excludes halogenated alkanes) is 9. The summed E-state index contributed by atoms with van der Waals surface area (Å²) < 4.78 is 0. The molecule has 0 unspecified atom stereocenters. The summed E-state index contributed by atoms with van der Waals surface area (Å²) in [5.41, 5.74) is 4.50. The Hall–Kier alpha value is -0.830. The molecule has 0 radical (unpaired) electrons. The van der Waals surface area contributed by atoms with Gasteiger partial charge in [0.15, 0.2) is 0 Å². The zero-order chi connectivity index (χ0) is 15.5. The van der Waals surface area contributed by atoms with Crippen LogP contribution < -0.4 is 5.73 Å². The number of hydrogen-bond donors (Lipinski definition) is 2. The molecule has 0 fully saturated rings. The van der Waals surface area contributed by atoms with Crippen LogP contribution in [0.4, 0.5) is 0 Å². The maximum Gasteiger partial charge on any atom is 0.303 e. The van der Waals surface area contributed by atoms with E-state index in [1.807, 2.05) is 0 Å². The zero-order valence-electron chi connectivity index (χ0n) is 13.6. The lowest BCUT2D eigenvalue weighted by atomic mass is 10.1. The molecule has 120 valence electrons. The van der Waals surface area contributed by atoms with E-state index in [1.165, 1.54) is 64.8 Å². The minimum Gasteiger partial charge on any atom is -0.481 e. The smallest absolute Gasteiger partial charge is 0.303 e. The van der Waals surface area contributed by atoms with E-state index in [1.54, 1.807) is 0 Å². The third-order valence-corrected chi connectivity index (χ3v) is 3.15. The molecule has 3 N–H and O–H groups in total. The summed E-state index contributed by atoms with van der Waals surface area (Å²) in [5, 5.41) is 8.48. The van der Waals surface area contributed by atoms with Crippen molar-refractivity contribution < 1.29 is 9.90 Å². The van der Waals surface area contributed by atoms with Crippen LogP contribution in [0.2, 0.25) is 0 Å². The van der Waals surface area contributed by atoms with Gasteiger partial charge in [-0.05, 0) is 39.2 Å². The molecule has 0 aromatic carbocycles. The highest BCUT2D eigenvalue weighted by molar-refractivity contribution is 5.66. The molecule has 3 heteroatoms. The summed E-state index contributed by atoms with van der Waals surface area (Å²) in [6.07, 6.45) is 18.3. The van der Waals surface area contributed by atoms with Crippen LogP contribution in [0.1, 0.15) is 84.0 Å². The minimum absolute atomic E-state index is 0.331. The van der Waals surface area contributed by atoms with Gasteiger partial charge in [-0.2, -0.15) is 0 Å². The van der Waals surface area contributed by atoms with Crippen molar-refractivity contribution in [2.75, 3.05) is 7.05 Å². The number of carbonyl (C=O) groups is 1. The maximum absolute atomic E-state index is 10.3. The van der Waals surface area contributed by atoms with Gasteiger partial charge >= 0.3 is 5.97 Å². The van der Waals surface area contributed by atoms with Crippen LogP contribution in [-0.2, 0) is 4.79 Å². The number of nitrogens with two attached hydrogens (primary N) is 1. The number of rotatable bonds is 13. The Labute approximate surface area is 125 Å². The van der Waals surface area contributed by atoms with Gasteiger partial charge < -0.3 is 10.8 Å². The fourth-order valence-corrected chi connectivity index (χ4v) is 1.99. The highest BCUT2D eigenvalue weighted by atomic mass is 16.4. The molecule has 0 aromatic rings. The molecule has 0 spiro atoms. The number of aliphatic carboxylic acids is 1. The third-order valence-electron chi connectivity index (χ3n) is 3.15. The van der Waals surface area contributed by atoms with Crippen LogP contribution in [0.15, 0.2) is 12.2 Å². The van der Waals surface area contributed by atoms with Crippen molar-refractivity contribution in [3.63, 3.8) is 0 Å². The molecular weight excluding hydrogens is 250 g/mol. The lowest BCUT2D eigenvalue weighted by Crippen LogP contribution is -1.93. The molecule has 0 atom stereocenters. The molecule has 20 heavy (non-hydrogen) atoms. The molecule has 0 aliphatic carbocycles. The molecule has 0 bridgehead atoms. The van der Waals surface area contributed by atoms with E-state index in [9.17, 15) is 4.79 Å². The summed E-state index contributed by atoms with van der Waals surface area (Å²) >= 11 is 0. The summed E-state index contributed by atoms with van der Waals surface area (Å²) in [6.45, 7) is 2.24. The van der Waals surface area contributed by atoms with Crippen molar-refractivity contribution >= 4 is 5.97 Å². The van der Waals surface area contributed by atoms with Gasteiger partial charge in [0.1, 0.15) is 0 Å². The highest BCUT2D eigenvalue weighted by Crippen LogP contribution is 2.08. The highest BCUT2D eigenvalue weighted by Gasteiger charge is 1.95. The molecule has 3 nitrogen and oxygen atoms in total. The van der Waals surface area contributed by atoms with Gasteiger partial charge in [-0.3, -0.25) is 4.79 Å². The lowest BCUT2D eigenvalue weighted by molar-refractivity contribution is -0.137. The Morgan fingerprint density at radius 3 is 1.80 bits per heavy atom. The zero-order valence-corrected chi connectivity index (χ0v) is 13.6. The van der Waals surface area contributed by atoms with E-state index < -0.39 is 5.97 Å². The number of carboxylic acid groups (broad SMARTS) is 1.